The second-order valence-corrected chi connectivity index (χ2v) is 19.3. The highest BCUT2D eigenvalue weighted by molar-refractivity contribution is 7.24. The molecule has 0 unspecified atom stereocenters. The monoisotopic (exact) mass is 914 g/mol. The first-order valence-electron chi connectivity index (χ1n) is 23.8. The average molecular weight is 915 g/mol. The van der Waals surface area contributed by atoms with E-state index in [4.69, 9.17) is 28.4 Å². The van der Waals surface area contributed by atoms with Gasteiger partial charge in [-0.3, -0.25) is 0 Å². The fraction of sp³-hybridized carbons (Fsp3) is 0.519. The van der Waals surface area contributed by atoms with Crippen LogP contribution in [0.5, 0.6) is 0 Å². The third-order valence-corrected chi connectivity index (χ3v) is 14.6. The summed E-state index contributed by atoms with van der Waals surface area (Å²) < 4.78 is 35.2. The van der Waals surface area contributed by atoms with Crippen LogP contribution >= 0.6 is 34.0 Å². The smallest absolute Gasteiger partial charge is 0.0700 e. The van der Waals surface area contributed by atoms with Crippen molar-refractivity contribution in [2.24, 2.45) is 0 Å². The van der Waals surface area contributed by atoms with Gasteiger partial charge in [0.1, 0.15) is 0 Å². The van der Waals surface area contributed by atoms with Gasteiger partial charge in [0.05, 0.1) is 52.9 Å². The zero-order chi connectivity index (χ0) is 44.2. The molecule has 5 rings (SSSR count). The molecule has 0 aliphatic heterocycles. The van der Waals surface area contributed by atoms with Gasteiger partial charge in [-0.15, -0.1) is 34.0 Å². The second-order valence-electron chi connectivity index (χ2n) is 15.9. The van der Waals surface area contributed by atoms with Gasteiger partial charge in [0.25, 0.3) is 0 Å². The molecule has 63 heavy (non-hydrogen) atoms. The molecule has 5 aromatic rings. The Morgan fingerprint density at radius 3 is 1.17 bits per heavy atom. The number of hydrogen-bond acceptors (Lipinski definition) is 9. The third-order valence-electron chi connectivity index (χ3n) is 10.8. The lowest BCUT2D eigenvalue weighted by atomic mass is 10.1. The number of benzene rings is 2. The van der Waals surface area contributed by atoms with Crippen LogP contribution < -0.4 is 0 Å². The molecule has 0 atom stereocenters. The maximum absolute atomic E-state index is 5.97. The standard InChI is InChI=1S/C54H74O6S3/c1-5-9-29-55-33-25-47-41-53(62-50(47)27-35-59-39-37-57-31-11-7-3)46-21-17-44(18-22-46)14-13-43-15-19-45(20-16-43)49-23-24-52(61-49)54-42-48(26-34-56-30-10-6-2)51(63-54)28-36-60-40-38-58-32-12-8-4/h13-24,41-42H,5-12,25-40H2,1-4H3. The summed E-state index contributed by atoms with van der Waals surface area (Å²) in [5.74, 6) is 0. The molecule has 0 aliphatic carbocycles. The van der Waals surface area contributed by atoms with Gasteiger partial charge in [-0.05, 0) is 96.2 Å². The highest BCUT2D eigenvalue weighted by atomic mass is 32.1. The Morgan fingerprint density at radius 1 is 0.349 bits per heavy atom. The maximum atomic E-state index is 5.97. The van der Waals surface area contributed by atoms with Crippen LogP contribution in [0, 0.1) is 0 Å². The SMILES string of the molecule is CCCCOCCOCCc1sc(-c2ccc(C=Cc3ccc(-c4ccc(-c5cc(CCOCCCC)c(CCOCCOCCCC)s5)s4)cc3)cc2)cc1CCOCCCC. The van der Waals surface area contributed by atoms with Gasteiger partial charge in [-0.25, -0.2) is 0 Å². The minimum atomic E-state index is 0.647. The fourth-order valence-electron chi connectivity index (χ4n) is 6.91. The largest absolute Gasteiger partial charge is 0.381 e. The van der Waals surface area contributed by atoms with Gasteiger partial charge in [-0.2, -0.15) is 0 Å². The minimum absolute atomic E-state index is 0.647. The molecule has 0 fully saturated rings. The molecular weight excluding hydrogens is 841 g/mol. The molecule has 0 radical (unpaired) electrons. The van der Waals surface area contributed by atoms with Crippen LogP contribution in [0.1, 0.15) is 111 Å². The Hall–Kier alpha value is -2.96. The van der Waals surface area contributed by atoms with E-state index in [1.807, 2.05) is 34.0 Å². The number of rotatable bonds is 35. The van der Waals surface area contributed by atoms with Crippen LogP contribution in [0.3, 0.4) is 0 Å². The van der Waals surface area contributed by atoms with Gasteiger partial charge in [0, 0.05) is 68.5 Å². The van der Waals surface area contributed by atoms with Crippen LogP contribution in [-0.2, 0) is 54.1 Å². The number of ether oxygens (including phenoxy) is 6. The minimum Gasteiger partial charge on any atom is -0.381 e. The lowest BCUT2D eigenvalue weighted by molar-refractivity contribution is 0.0480. The summed E-state index contributed by atoms with van der Waals surface area (Å²) in [5, 5.41) is 0. The van der Waals surface area contributed by atoms with Crippen molar-refractivity contribution in [2.75, 3.05) is 79.3 Å². The lowest BCUT2D eigenvalue weighted by Crippen LogP contribution is -2.08. The zero-order valence-electron chi connectivity index (χ0n) is 38.7. The Kier molecular flexibility index (Phi) is 25.1. The first-order valence-corrected chi connectivity index (χ1v) is 26.2. The highest BCUT2D eigenvalue weighted by Crippen LogP contribution is 2.40. The van der Waals surface area contributed by atoms with Crippen molar-refractivity contribution in [3.8, 4) is 30.6 Å². The van der Waals surface area contributed by atoms with Crippen LogP contribution in [0.25, 0.3) is 42.8 Å². The van der Waals surface area contributed by atoms with Crippen molar-refractivity contribution in [3.63, 3.8) is 0 Å². The molecule has 0 saturated carbocycles. The Bertz CT molecular complexity index is 1960. The molecule has 3 heterocycles. The van der Waals surface area contributed by atoms with Gasteiger partial charge in [-0.1, -0.05) is 114 Å². The molecular formula is C54H74O6S3. The van der Waals surface area contributed by atoms with Crippen molar-refractivity contribution < 1.29 is 28.4 Å². The Labute approximate surface area is 392 Å². The summed E-state index contributed by atoms with van der Waals surface area (Å²) in [5.41, 5.74) is 7.64. The van der Waals surface area contributed by atoms with E-state index in [2.05, 4.69) is 113 Å². The molecule has 0 saturated heterocycles. The predicted molar refractivity (Wildman–Crippen MR) is 271 cm³/mol. The first-order chi connectivity index (χ1) is 31.1. The normalized spacial score (nSPS) is 11.7. The molecule has 0 amide bonds. The van der Waals surface area contributed by atoms with Crippen molar-refractivity contribution in [1.29, 1.82) is 0 Å². The van der Waals surface area contributed by atoms with Crippen molar-refractivity contribution in [3.05, 3.63) is 105 Å². The van der Waals surface area contributed by atoms with Gasteiger partial charge >= 0.3 is 0 Å². The Morgan fingerprint density at radius 2 is 0.714 bits per heavy atom. The van der Waals surface area contributed by atoms with Crippen molar-refractivity contribution in [2.45, 2.75) is 105 Å². The summed E-state index contributed by atoms with van der Waals surface area (Å²) in [4.78, 5) is 8.03. The molecule has 9 heteroatoms. The number of thiophene rings is 3. The van der Waals surface area contributed by atoms with Crippen LogP contribution in [-0.4, -0.2) is 79.3 Å². The molecule has 0 aliphatic rings. The van der Waals surface area contributed by atoms with E-state index in [0.29, 0.717) is 39.6 Å². The maximum Gasteiger partial charge on any atom is 0.0700 e. The summed E-state index contributed by atoms with van der Waals surface area (Å²) in [7, 11) is 0. The fourth-order valence-corrected chi connectivity index (χ4v) is 10.4. The quantitative estimate of drug-likeness (QED) is 0.0298. The summed E-state index contributed by atoms with van der Waals surface area (Å²) in [6.45, 7) is 17.7. The van der Waals surface area contributed by atoms with Crippen LogP contribution in [0.4, 0.5) is 0 Å². The third kappa shape index (κ3) is 18.8. The van der Waals surface area contributed by atoms with Gasteiger partial charge in [0.15, 0.2) is 0 Å². The molecule has 0 bridgehead atoms. The van der Waals surface area contributed by atoms with Crippen molar-refractivity contribution in [1.82, 2.24) is 0 Å². The van der Waals surface area contributed by atoms with Crippen molar-refractivity contribution >= 4 is 46.2 Å². The van der Waals surface area contributed by atoms with Crippen LogP contribution in [0.15, 0.2) is 72.8 Å². The molecule has 0 N–H and O–H groups in total. The lowest BCUT2D eigenvalue weighted by Gasteiger charge is -2.07. The zero-order valence-corrected chi connectivity index (χ0v) is 41.2. The number of hydrogen-bond donors (Lipinski definition) is 0. The first kappa shape index (κ1) is 51.0. The van der Waals surface area contributed by atoms with E-state index >= 15 is 0 Å². The van der Waals surface area contributed by atoms with Crippen LogP contribution in [0.2, 0.25) is 0 Å². The van der Waals surface area contributed by atoms with E-state index in [1.165, 1.54) is 62.6 Å². The average Bonchev–Trinajstić information content (AvgIpc) is 4.07. The van der Waals surface area contributed by atoms with E-state index in [0.717, 1.165) is 117 Å². The summed E-state index contributed by atoms with van der Waals surface area (Å²) in [6.07, 6.45) is 17.2. The number of unbranched alkanes of at least 4 members (excludes halogenated alkanes) is 4. The van der Waals surface area contributed by atoms with E-state index in [1.54, 1.807) is 0 Å². The topological polar surface area (TPSA) is 55.4 Å². The van der Waals surface area contributed by atoms with E-state index in [9.17, 15) is 0 Å². The molecule has 0 spiro atoms. The van der Waals surface area contributed by atoms with Gasteiger partial charge < -0.3 is 28.4 Å². The predicted octanol–water partition coefficient (Wildman–Crippen LogP) is 14.5. The van der Waals surface area contributed by atoms with Gasteiger partial charge in [0.2, 0.25) is 0 Å². The molecule has 344 valence electrons. The molecule has 3 aromatic heterocycles. The molecule has 6 nitrogen and oxygen atoms in total. The Balaban J connectivity index is 1.16. The summed E-state index contributed by atoms with van der Waals surface area (Å²) >= 11 is 5.66. The summed E-state index contributed by atoms with van der Waals surface area (Å²) in [6, 6.07) is 27.2. The van der Waals surface area contributed by atoms with E-state index < -0.39 is 0 Å². The van der Waals surface area contributed by atoms with E-state index in [-0.39, 0.29) is 0 Å². The highest BCUT2D eigenvalue weighted by Gasteiger charge is 2.15. The molecule has 2 aromatic carbocycles. The second kappa shape index (κ2) is 31.0.